The molecule has 0 radical (unpaired) electrons. The minimum Gasteiger partial charge on any atom is -0.368 e. The van der Waals surface area contributed by atoms with Gasteiger partial charge in [0.05, 0.1) is 10.6 Å². The highest BCUT2D eigenvalue weighted by Crippen LogP contribution is 2.27. The lowest BCUT2D eigenvalue weighted by atomic mass is 10.2. The van der Waals surface area contributed by atoms with E-state index in [2.05, 4.69) is 14.6 Å². The standard InChI is InChI=1S/C21H20ClFN4O3S2/c1-14-19(31-21(24-14)25-32(29,30)18-8-2-15(22)3-9-18)20(28)27-12-10-26(11-13-27)17-6-4-16(23)5-7-17/h2-9H,10-13H2,1H3,(H,24,25). The minimum absolute atomic E-state index is 0.0551. The Bertz CT molecular complexity index is 1220. The summed E-state index contributed by atoms with van der Waals surface area (Å²) >= 11 is 6.83. The van der Waals surface area contributed by atoms with Crippen molar-refractivity contribution in [1.82, 2.24) is 9.88 Å². The molecule has 0 saturated carbocycles. The van der Waals surface area contributed by atoms with Gasteiger partial charge >= 0.3 is 0 Å². The number of carbonyl (C=O) groups is 1. The maximum absolute atomic E-state index is 13.1. The van der Waals surface area contributed by atoms with Gasteiger partial charge in [-0.05, 0) is 55.5 Å². The van der Waals surface area contributed by atoms with Crippen molar-refractivity contribution in [2.24, 2.45) is 0 Å². The third kappa shape index (κ3) is 4.87. The van der Waals surface area contributed by atoms with Crippen molar-refractivity contribution in [3.8, 4) is 0 Å². The summed E-state index contributed by atoms with van der Waals surface area (Å²) in [5.41, 5.74) is 1.38. The fourth-order valence-electron chi connectivity index (χ4n) is 3.39. The van der Waals surface area contributed by atoms with Crippen LogP contribution in [0.15, 0.2) is 53.4 Å². The summed E-state index contributed by atoms with van der Waals surface area (Å²) in [7, 11) is -3.84. The third-order valence-corrected chi connectivity index (χ3v) is 7.89. The molecule has 32 heavy (non-hydrogen) atoms. The molecule has 7 nitrogen and oxygen atoms in total. The Labute approximate surface area is 194 Å². The number of carbonyl (C=O) groups excluding carboxylic acids is 1. The summed E-state index contributed by atoms with van der Waals surface area (Å²) in [6.07, 6.45) is 0. The number of nitrogens with one attached hydrogen (secondary N) is 1. The average molecular weight is 495 g/mol. The molecule has 11 heteroatoms. The van der Waals surface area contributed by atoms with Gasteiger partial charge in [0.2, 0.25) is 0 Å². The molecule has 1 aliphatic rings. The summed E-state index contributed by atoms with van der Waals surface area (Å²) in [6, 6.07) is 12.1. The van der Waals surface area contributed by atoms with Gasteiger partial charge in [-0.15, -0.1) is 0 Å². The average Bonchev–Trinajstić information content (AvgIpc) is 3.13. The van der Waals surface area contributed by atoms with Crippen LogP contribution in [0.3, 0.4) is 0 Å². The molecule has 3 aromatic rings. The Morgan fingerprint density at radius 3 is 2.31 bits per heavy atom. The van der Waals surface area contributed by atoms with E-state index < -0.39 is 10.0 Å². The number of aryl methyl sites for hydroxylation is 1. The number of piperazine rings is 1. The van der Waals surface area contributed by atoms with Gasteiger partial charge in [0.1, 0.15) is 10.7 Å². The monoisotopic (exact) mass is 494 g/mol. The summed E-state index contributed by atoms with van der Waals surface area (Å²) in [5.74, 6) is -0.471. The summed E-state index contributed by atoms with van der Waals surface area (Å²) in [5, 5.41) is 0.562. The molecule has 0 bridgehead atoms. The number of aromatic nitrogens is 1. The van der Waals surface area contributed by atoms with Crippen LogP contribution in [0.1, 0.15) is 15.4 Å². The lowest BCUT2D eigenvalue weighted by Gasteiger charge is -2.36. The van der Waals surface area contributed by atoms with Gasteiger partial charge in [-0.1, -0.05) is 22.9 Å². The molecule has 1 N–H and O–H groups in total. The molecule has 0 spiro atoms. The molecule has 4 rings (SSSR count). The zero-order valence-corrected chi connectivity index (χ0v) is 19.5. The van der Waals surface area contributed by atoms with Crippen molar-refractivity contribution in [2.75, 3.05) is 35.8 Å². The second kappa shape index (κ2) is 9.05. The van der Waals surface area contributed by atoms with Crippen molar-refractivity contribution < 1.29 is 17.6 Å². The molecular weight excluding hydrogens is 475 g/mol. The zero-order valence-electron chi connectivity index (χ0n) is 17.1. The number of anilines is 2. The van der Waals surface area contributed by atoms with Gasteiger partial charge in [0.15, 0.2) is 5.13 Å². The van der Waals surface area contributed by atoms with E-state index in [1.807, 2.05) is 0 Å². The highest BCUT2D eigenvalue weighted by atomic mass is 35.5. The molecule has 1 aliphatic heterocycles. The van der Waals surface area contributed by atoms with E-state index in [-0.39, 0.29) is 21.8 Å². The first-order valence-corrected chi connectivity index (χ1v) is 12.5. The van der Waals surface area contributed by atoms with Gasteiger partial charge in [-0.25, -0.2) is 17.8 Å². The van der Waals surface area contributed by atoms with E-state index in [1.54, 1.807) is 24.0 Å². The van der Waals surface area contributed by atoms with Crippen LogP contribution in [-0.2, 0) is 10.0 Å². The lowest BCUT2D eigenvalue weighted by molar-refractivity contribution is 0.0750. The van der Waals surface area contributed by atoms with Crippen LogP contribution in [0.25, 0.3) is 0 Å². The van der Waals surface area contributed by atoms with Crippen LogP contribution in [0.5, 0.6) is 0 Å². The molecule has 1 aromatic heterocycles. The van der Waals surface area contributed by atoms with Crippen molar-refractivity contribution in [3.63, 3.8) is 0 Å². The first kappa shape index (κ1) is 22.5. The third-order valence-electron chi connectivity index (χ3n) is 5.10. The van der Waals surface area contributed by atoms with Crippen LogP contribution in [0, 0.1) is 12.7 Å². The predicted octanol–water partition coefficient (Wildman–Crippen LogP) is 4.01. The van der Waals surface area contributed by atoms with Crippen molar-refractivity contribution in [1.29, 1.82) is 0 Å². The molecule has 0 atom stereocenters. The smallest absolute Gasteiger partial charge is 0.266 e. The van der Waals surface area contributed by atoms with Crippen molar-refractivity contribution in [3.05, 3.63) is 69.9 Å². The number of sulfonamides is 1. The molecule has 2 aromatic carbocycles. The molecule has 1 amide bonds. The van der Waals surface area contributed by atoms with E-state index >= 15 is 0 Å². The van der Waals surface area contributed by atoms with Gasteiger partial charge in [0, 0.05) is 36.9 Å². The first-order chi connectivity index (χ1) is 15.2. The summed E-state index contributed by atoms with van der Waals surface area (Å²) in [6.45, 7) is 3.91. The quantitative estimate of drug-likeness (QED) is 0.579. The van der Waals surface area contributed by atoms with Crippen LogP contribution in [-0.4, -0.2) is 50.4 Å². The number of halogens is 2. The number of hydrogen-bond donors (Lipinski definition) is 1. The van der Waals surface area contributed by atoms with E-state index in [0.29, 0.717) is 41.8 Å². The maximum Gasteiger partial charge on any atom is 0.266 e. The Hall–Kier alpha value is -2.69. The van der Waals surface area contributed by atoms with Crippen LogP contribution < -0.4 is 9.62 Å². The normalized spacial score (nSPS) is 14.5. The zero-order chi connectivity index (χ0) is 22.9. The molecule has 1 saturated heterocycles. The number of hydrogen-bond acceptors (Lipinski definition) is 6. The fraction of sp³-hybridized carbons (Fsp3) is 0.238. The van der Waals surface area contributed by atoms with E-state index in [4.69, 9.17) is 11.6 Å². The topological polar surface area (TPSA) is 82.6 Å². The lowest BCUT2D eigenvalue weighted by Crippen LogP contribution is -2.48. The summed E-state index contributed by atoms with van der Waals surface area (Å²) in [4.78, 5) is 21.5. The number of thiazole rings is 1. The number of nitrogens with zero attached hydrogens (tertiary/aromatic N) is 3. The van der Waals surface area contributed by atoms with E-state index in [0.717, 1.165) is 17.0 Å². The van der Waals surface area contributed by atoms with Crippen molar-refractivity contribution in [2.45, 2.75) is 11.8 Å². The van der Waals surface area contributed by atoms with Crippen LogP contribution >= 0.6 is 22.9 Å². The van der Waals surface area contributed by atoms with Crippen LogP contribution in [0.2, 0.25) is 5.02 Å². The fourth-order valence-corrected chi connectivity index (χ4v) is 5.68. The van der Waals surface area contributed by atoms with Gasteiger partial charge in [-0.2, -0.15) is 0 Å². The minimum atomic E-state index is -3.84. The molecule has 168 valence electrons. The Kier molecular flexibility index (Phi) is 6.36. The maximum atomic E-state index is 13.1. The Balaban J connectivity index is 1.43. The first-order valence-electron chi connectivity index (χ1n) is 9.78. The van der Waals surface area contributed by atoms with Gasteiger partial charge in [0.25, 0.3) is 15.9 Å². The van der Waals surface area contributed by atoms with E-state index in [1.165, 1.54) is 36.4 Å². The molecule has 0 unspecified atom stereocenters. The van der Waals surface area contributed by atoms with Crippen molar-refractivity contribution >= 4 is 49.7 Å². The molecular formula is C21H20ClFN4O3S2. The molecule has 2 heterocycles. The number of rotatable bonds is 5. The predicted molar refractivity (Wildman–Crippen MR) is 124 cm³/mol. The molecule has 0 aliphatic carbocycles. The number of benzene rings is 2. The second-order valence-corrected chi connectivity index (χ2v) is 10.4. The second-order valence-electron chi connectivity index (χ2n) is 7.25. The van der Waals surface area contributed by atoms with E-state index in [9.17, 15) is 17.6 Å². The van der Waals surface area contributed by atoms with Crippen LogP contribution in [0.4, 0.5) is 15.2 Å². The number of amides is 1. The highest BCUT2D eigenvalue weighted by molar-refractivity contribution is 7.93. The molecule has 1 fully saturated rings. The Morgan fingerprint density at radius 1 is 1.06 bits per heavy atom. The largest absolute Gasteiger partial charge is 0.368 e. The summed E-state index contributed by atoms with van der Waals surface area (Å²) < 4.78 is 40.7. The van der Waals surface area contributed by atoms with Gasteiger partial charge in [-0.3, -0.25) is 9.52 Å². The highest BCUT2D eigenvalue weighted by Gasteiger charge is 2.26. The SMILES string of the molecule is Cc1nc(NS(=O)(=O)c2ccc(Cl)cc2)sc1C(=O)N1CCN(c2ccc(F)cc2)CC1. The van der Waals surface area contributed by atoms with Gasteiger partial charge < -0.3 is 9.80 Å². The Morgan fingerprint density at radius 2 is 1.69 bits per heavy atom.